The zero-order chi connectivity index (χ0) is 12.0. The molecular weight excluding hydrogens is 198 g/mol. The molecule has 1 spiro atoms. The summed E-state index contributed by atoms with van der Waals surface area (Å²) in [6, 6.07) is 0. The van der Waals surface area contributed by atoms with E-state index in [1.807, 2.05) is 0 Å². The lowest BCUT2D eigenvalue weighted by Gasteiger charge is -2.52. The maximum atomic E-state index is 6.22. The fraction of sp³-hybridized carbons (Fsp3) is 1.00. The average Bonchev–Trinajstić information content (AvgIpc) is 2.08. The highest BCUT2D eigenvalue weighted by Gasteiger charge is 2.46. The van der Waals surface area contributed by atoms with Crippen molar-refractivity contribution in [2.45, 2.75) is 59.6 Å². The summed E-state index contributed by atoms with van der Waals surface area (Å²) >= 11 is 0. The summed E-state index contributed by atoms with van der Waals surface area (Å²) in [4.78, 5) is 0. The lowest BCUT2D eigenvalue weighted by atomic mass is 9.68. The number of rotatable bonds is 0. The normalized spacial score (nSPS) is 42.2. The van der Waals surface area contributed by atoms with Crippen molar-refractivity contribution in [3.05, 3.63) is 0 Å². The summed E-state index contributed by atoms with van der Waals surface area (Å²) in [6.07, 6.45) is 3.65. The van der Waals surface area contributed by atoms with E-state index in [9.17, 15) is 0 Å². The molecule has 1 saturated carbocycles. The highest BCUT2D eigenvalue weighted by Crippen LogP contribution is 2.46. The Morgan fingerprint density at radius 2 is 1.75 bits per heavy atom. The third-order valence-corrected chi connectivity index (χ3v) is 3.97. The molecule has 16 heavy (non-hydrogen) atoms. The second-order valence-corrected chi connectivity index (χ2v) is 7.66. The van der Waals surface area contributed by atoms with Crippen LogP contribution in [0.3, 0.4) is 0 Å². The second-order valence-electron chi connectivity index (χ2n) is 7.66. The van der Waals surface area contributed by atoms with Gasteiger partial charge < -0.3 is 4.74 Å². The smallest absolute Gasteiger partial charge is 0.120 e. The minimum atomic E-state index is -0.0311. The predicted molar refractivity (Wildman–Crippen MR) is 67.3 cm³/mol. The van der Waals surface area contributed by atoms with Gasteiger partial charge >= 0.3 is 0 Å². The van der Waals surface area contributed by atoms with E-state index in [1.165, 1.54) is 12.8 Å². The van der Waals surface area contributed by atoms with Gasteiger partial charge in [0.2, 0.25) is 0 Å². The van der Waals surface area contributed by atoms with E-state index >= 15 is 0 Å². The molecule has 1 aliphatic carbocycles. The van der Waals surface area contributed by atoms with Gasteiger partial charge in [-0.25, -0.2) is 0 Å². The molecule has 2 unspecified atom stereocenters. The molecule has 2 atom stereocenters. The van der Waals surface area contributed by atoms with Crippen LogP contribution in [-0.4, -0.2) is 18.9 Å². The van der Waals surface area contributed by atoms with E-state index in [0.717, 1.165) is 25.5 Å². The zero-order valence-electron chi connectivity index (χ0n) is 11.5. The van der Waals surface area contributed by atoms with Crippen molar-refractivity contribution < 1.29 is 4.74 Å². The number of hydrogen-bond donors (Lipinski definition) is 1. The van der Waals surface area contributed by atoms with E-state index in [-0.39, 0.29) is 11.1 Å². The Labute approximate surface area is 100 Å². The van der Waals surface area contributed by atoms with Crippen LogP contribution < -0.4 is 5.32 Å². The fourth-order valence-corrected chi connectivity index (χ4v) is 3.58. The van der Waals surface area contributed by atoms with Crippen LogP contribution in [0.2, 0.25) is 0 Å². The van der Waals surface area contributed by atoms with Crippen molar-refractivity contribution in [3.63, 3.8) is 0 Å². The Bertz CT molecular complexity index is 260. The zero-order valence-corrected chi connectivity index (χ0v) is 11.5. The quantitative estimate of drug-likeness (QED) is 0.683. The first-order valence-electron chi connectivity index (χ1n) is 6.61. The van der Waals surface area contributed by atoms with Gasteiger partial charge in [-0.2, -0.15) is 0 Å². The molecule has 1 N–H and O–H groups in total. The first-order valence-corrected chi connectivity index (χ1v) is 6.61. The van der Waals surface area contributed by atoms with E-state index in [4.69, 9.17) is 4.74 Å². The first-order chi connectivity index (χ1) is 7.22. The maximum absolute atomic E-state index is 6.22. The molecule has 0 aromatic rings. The van der Waals surface area contributed by atoms with Crippen molar-refractivity contribution >= 4 is 0 Å². The van der Waals surface area contributed by atoms with Crippen LogP contribution >= 0.6 is 0 Å². The van der Waals surface area contributed by atoms with Crippen LogP contribution in [0.5, 0.6) is 0 Å². The number of nitrogens with one attached hydrogen (secondary N) is 1. The van der Waals surface area contributed by atoms with Crippen LogP contribution in [0.15, 0.2) is 0 Å². The Morgan fingerprint density at radius 1 is 1.06 bits per heavy atom. The third kappa shape index (κ3) is 2.60. The lowest BCUT2D eigenvalue weighted by Crippen LogP contribution is -2.61. The highest BCUT2D eigenvalue weighted by molar-refractivity contribution is 4.96. The van der Waals surface area contributed by atoms with E-state index < -0.39 is 0 Å². The molecule has 0 aromatic heterocycles. The first kappa shape index (κ1) is 12.4. The van der Waals surface area contributed by atoms with Crippen molar-refractivity contribution in [2.75, 3.05) is 13.2 Å². The van der Waals surface area contributed by atoms with Crippen LogP contribution in [0.1, 0.15) is 53.9 Å². The number of hydrogen-bond acceptors (Lipinski definition) is 2. The standard InChI is InChI=1S/C14H27NO/c1-11-6-12(2,3)8-14(7-11)15-9-13(4,5)10-16-14/h11,15H,6-10H2,1-5H3. The van der Waals surface area contributed by atoms with Gasteiger partial charge in [0.05, 0.1) is 6.61 Å². The van der Waals surface area contributed by atoms with Crippen molar-refractivity contribution in [3.8, 4) is 0 Å². The monoisotopic (exact) mass is 225 g/mol. The Morgan fingerprint density at radius 3 is 2.25 bits per heavy atom. The van der Waals surface area contributed by atoms with Crippen LogP contribution in [0.25, 0.3) is 0 Å². The minimum Gasteiger partial charge on any atom is -0.360 e. The highest BCUT2D eigenvalue weighted by atomic mass is 16.5. The van der Waals surface area contributed by atoms with Crippen LogP contribution in [-0.2, 0) is 4.74 Å². The largest absolute Gasteiger partial charge is 0.360 e. The van der Waals surface area contributed by atoms with Crippen LogP contribution in [0.4, 0.5) is 0 Å². The Balaban J connectivity index is 2.08. The molecule has 1 aliphatic heterocycles. The molecule has 2 nitrogen and oxygen atoms in total. The minimum absolute atomic E-state index is 0.0311. The lowest BCUT2D eigenvalue weighted by molar-refractivity contribution is -0.180. The Kier molecular flexibility index (Phi) is 2.87. The van der Waals surface area contributed by atoms with Gasteiger partial charge in [0.15, 0.2) is 0 Å². The van der Waals surface area contributed by atoms with E-state index in [2.05, 4.69) is 39.9 Å². The maximum Gasteiger partial charge on any atom is 0.120 e. The fourth-order valence-electron chi connectivity index (χ4n) is 3.58. The van der Waals surface area contributed by atoms with Crippen molar-refractivity contribution in [1.82, 2.24) is 5.32 Å². The number of ether oxygens (including phenoxy) is 1. The van der Waals surface area contributed by atoms with E-state index in [1.54, 1.807) is 0 Å². The van der Waals surface area contributed by atoms with Gasteiger partial charge in [-0.15, -0.1) is 0 Å². The van der Waals surface area contributed by atoms with Gasteiger partial charge in [-0.3, -0.25) is 5.32 Å². The summed E-state index contributed by atoms with van der Waals surface area (Å²) in [5, 5.41) is 3.69. The van der Waals surface area contributed by atoms with E-state index in [0.29, 0.717) is 5.41 Å². The molecule has 1 heterocycles. The molecule has 2 rings (SSSR count). The van der Waals surface area contributed by atoms with Gasteiger partial charge in [0.1, 0.15) is 5.72 Å². The molecule has 2 fully saturated rings. The summed E-state index contributed by atoms with van der Waals surface area (Å²) in [5.74, 6) is 0.762. The molecule has 0 bridgehead atoms. The Hall–Kier alpha value is -0.0800. The van der Waals surface area contributed by atoms with Gasteiger partial charge in [0, 0.05) is 12.0 Å². The summed E-state index contributed by atoms with van der Waals surface area (Å²) in [7, 11) is 0. The molecule has 2 aliphatic rings. The van der Waals surface area contributed by atoms with Crippen molar-refractivity contribution in [1.29, 1.82) is 0 Å². The van der Waals surface area contributed by atoms with Gasteiger partial charge in [-0.1, -0.05) is 34.6 Å². The molecule has 0 aromatic carbocycles. The molecule has 0 amide bonds. The molecule has 1 saturated heterocycles. The summed E-state index contributed by atoms with van der Waals surface area (Å²) in [5.41, 5.74) is 0.666. The molecular formula is C14H27NO. The van der Waals surface area contributed by atoms with Gasteiger partial charge in [-0.05, 0) is 30.6 Å². The van der Waals surface area contributed by atoms with Crippen molar-refractivity contribution in [2.24, 2.45) is 16.7 Å². The molecule has 2 heteroatoms. The summed E-state index contributed by atoms with van der Waals surface area (Å²) < 4.78 is 6.22. The second kappa shape index (κ2) is 3.71. The van der Waals surface area contributed by atoms with Gasteiger partial charge in [0.25, 0.3) is 0 Å². The summed E-state index contributed by atoms with van der Waals surface area (Å²) in [6.45, 7) is 13.6. The average molecular weight is 225 g/mol. The van der Waals surface area contributed by atoms with Crippen LogP contribution in [0, 0.1) is 16.7 Å². The topological polar surface area (TPSA) is 21.3 Å². The molecule has 94 valence electrons. The SMILES string of the molecule is CC1CC(C)(C)CC2(C1)NCC(C)(C)CO2. The molecule has 0 radical (unpaired) electrons. The third-order valence-electron chi connectivity index (χ3n) is 3.97. The predicted octanol–water partition coefficient (Wildman–Crippen LogP) is 3.17.